The van der Waals surface area contributed by atoms with E-state index < -0.39 is 0 Å². The quantitative estimate of drug-likeness (QED) is 0.816. The van der Waals surface area contributed by atoms with E-state index in [2.05, 4.69) is 10.1 Å². The van der Waals surface area contributed by atoms with E-state index in [1.165, 1.54) is 6.42 Å². The third-order valence-corrected chi connectivity index (χ3v) is 3.96. The molecule has 3 unspecified atom stereocenters. The van der Waals surface area contributed by atoms with Crippen molar-refractivity contribution in [1.29, 1.82) is 0 Å². The van der Waals surface area contributed by atoms with Crippen molar-refractivity contribution >= 4 is 0 Å². The van der Waals surface area contributed by atoms with Gasteiger partial charge in [-0.1, -0.05) is 5.16 Å². The van der Waals surface area contributed by atoms with Gasteiger partial charge in [-0.05, 0) is 25.7 Å². The lowest BCUT2D eigenvalue weighted by molar-refractivity contribution is 0.123. The van der Waals surface area contributed by atoms with Crippen LogP contribution in [-0.2, 0) is 6.54 Å². The Balaban J connectivity index is 1.62. The molecule has 1 aromatic heterocycles. The number of aromatic nitrogens is 1. The summed E-state index contributed by atoms with van der Waals surface area (Å²) in [6.07, 6.45) is 2.10. The highest BCUT2D eigenvalue weighted by Gasteiger charge is 2.41. The van der Waals surface area contributed by atoms with Crippen LogP contribution >= 0.6 is 0 Å². The molecule has 1 aromatic rings. The van der Waals surface area contributed by atoms with E-state index >= 15 is 0 Å². The van der Waals surface area contributed by atoms with Gasteiger partial charge in [0.2, 0.25) is 0 Å². The van der Waals surface area contributed by atoms with Crippen LogP contribution in [0.2, 0.25) is 0 Å². The van der Waals surface area contributed by atoms with Crippen molar-refractivity contribution in [2.24, 2.45) is 11.8 Å². The lowest BCUT2D eigenvalue weighted by Gasteiger charge is -2.16. The van der Waals surface area contributed by atoms with Crippen LogP contribution in [0.5, 0.6) is 0 Å². The number of fused-ring (bicyclic) bond motifs is 1. The largest absolute Gasteiger partial charge is 0.393 e. The summed E-state index contributed by atoms with van der Waals surface area (Å²) in [4.78, 5) is 2.38. The van der Waals surface area contributed by atoms with Gasteiger partial charge in [0.05, 0.1) is 11.8 Å². The van der Waals surface area contributed by atoms with Gasteiger partial charge in [-0.15, -0.1) is 0 Å². The van der Waals surface area contributed by atoms with Crippen molar-refractivity contribution < 1.29 is 9.63 Å². The van der Waals surface area contributed by atoms with E-state index in [1.54, 1.807) is 0 Å². The zero-order valence-electron chi connectivity index (χ0n) is 9.59. The fraction of sp³-hybridized carbons (Fsp3) is 0.750. The second kappa shape index (κ2) is 3.86. The standard InChI is InChI=1S/C12H18N2O2/c1-8-4-10(13-16-8)6-14-5-9-2-3-12(15)11(9)7-14/h4,9,11-12,15H,2-3,5-7H2,1H3. The molecule has 2 aliphatic rings. The molecule has 2 heterocycles. The zero-order chi connectivity index (χ0) is 11.1. The number of hydrogen-bond acceptors (Lipinski definition) is 4. The second-order valence-electron chi connectivity index (χ2n) is 5.19. The molecular weight excluding hydrogens is 204 g/mol. The number of rotatable bonds is 2. The summed E-state index contributed by atoms with van der Waals surface area (Å²) in [7, 11) is 0. The molecule has 2 fully saturated rings. The van der Waals surface area contributed by atoms with E-state index in [-0.39, 0.29) is 6.10 Å². The molecule has 4 nitrogen and oxygen atoms in total. The van der Waals surface area contributed by atoms with Crippen LogP contribution in [0.15, 0.2) is 10.6 Å². The van der Waals surface area contributed by atoms with Crippen molar-refractivity contribution in [3.05, 3.63) is 17.5 Å². The second-order valence-corrected chi connectivity index (χ2v) is 5.19. The average Bonchev–Trinajstić information content (AvgIpc) is 2.88. The molecule has 0 spiro atoms. The van der Waals surface area contributed by atoms with Crippen LogP contribution in [-0.4, -0.2) is 34.4 Å². The normalized spacial score (nSPS) is 34.5. The summed E-state index contributed by atoms with van der Waals surface area (Å²) in [5, 5.41) is 13.8. The Kier molecular flexibility index (Phi) is 2.48. The van der Waals surface area contributed by atoms with Crippen molar-refractivity contribution in [3.8, 4) is 0 Å². The first-order chi connectivity index (χ1) is 7.72. The molecular formula is C12H18N2O2. The fourth-order valence-corrected chi connectivity index (χ4v) is 3.18. The number of nitrogens with zero attached hydrogens (tertiary/aromatic N) is 2. The first-order valence-corrected chi connectivity index (χ1v) is 6.05. The lowest BCUT2D eigenvalue weighted by atomic mass is 10.00. The molecule has 0 aromatic carbocycles. The van der Waals surface area contributed by atoms with Crippen LogP contribution in [0.25, 0.3) is 0 Å². The molecule has 3 rings (SSSR count). The Bertz CT molecular complexity index is 377. The van der Waals surface area contributed by atoms with Crippen LogP contribution in [0.3, 0.4) is 0 Å². The van der Waals surface area contributed by atoms with Gasteiger partial charge in [0.1, 0.15) is 5.76 Å². The van der Waals surface area contributed by atoms with E-state index in [4.69, 9.17) is 4.52 Å². The minimum absolute atomic E-state index is 0.0750. The first-order valence-electron chi connectivity index (χ1n) is 6.05. The van der Waals surface area contributed by atoms with E-state index in [0.717, 1.165) is 37.5 Å². The maximum absolute atomic E-state index is 9.83. The maximum Gasteiger partial charge on any atom is 0.133 e. The van der Waals surface area contributed by atoms with E-state index in [1.807, 2.05) is 13.0 Å². The zero-order valence-corrected chi connectivity index (χ0v) is 9.59. The SMILES string of the molecule is Cc1cc(CN2CC3CCC(O)C3C2)no1. The molecule has 1 saturated carbocycles. The highest BCUT2D eigenvalue weighted by Crippen LogP contribution is 2.38. The number of aliphatic hydroxyl groups is 1. The molecule has 16 heavy (non-hydrogen) atoms. The third-order valence-electron chi connectivity index (χ3n) is 3.96. The van der Waals surface area contributed by atoms with Crippen LogP contribution < -0.4 is 0 Å². The Hall–Kier alpha value is -0.870. The minimum atomic E-state index is -0.0750. The monoisotopic (exact) mass is 222 g/mol. The van der Waals surface area contributed by atoms with Gasteiger partial charge in [0.15, 0.2) is 0 Å². The lowest BCUT2D eigenvalue weighted by Crippen LogP contribution is -2.24. The molecule has 4 heteroatoms. The van der Waals surface area contributed by atoms with Crippen molar-refractivity contribution in [1.82, 2.24) is 10.1 Å². The predicted octanol–water partition coefficient (Wildman–Crippen LogP) is 1.19. The summed E-state index contributed by atoms with van der Waals surface area (Å²) in [5.41, 5.74) is 1.01. The van der Waals surface area contributed by atoms with Crippen molar-refractivity contribution in [2.75, 3.05) is 13.1 Å². The molecule has 1 aliphatic carbocycles. The molecule has 0 bridgehead atoms. The molecule has 1 N–H and O–H groups in total. The maximum atomic E-state index is 9.83. The number of aliphatic hydroxyl groups excluding tert-OH is 1. The van der Waals surface area contributed by atoms with Gasteiger partial charge in [-0.3, -0.25) is 4.90 Å². The average molecular weight is 222 g/mol. The summed E-state index contributed by atoms with van der Waals surface area (Å²) < 4.78 is 5.06. The molecule has 3 atom stereocenters. The Morgan fingerprint density at radius 3 is 3.06 bits per heavy atom. The van der Waals surface area contributed by atoms with Gasteiger partial charge in [0.25, 0.3) is 0 Å². The molecule has 0 radical (unpaired) electrons. The molecule has 1 saturated heterocycles. The number of hydrogen-bond donors (Lipinski definition) is 1. The Labute approximate surface area is 95.2 Å². The van der Waals surface area contributed by atoms with E-state index in [0.29, 0.717) is 11.8 Å². The van der Waals surface area contributed by atoms with Gasteiger partial charge in [-0.2, -0.15) is 0 Å². The number of likely N-dealkylation sites (tertiary alicyclic amines) is 1. The van der Waals surface area contributed by atoms with Crippen molar-refractivity contribution in [3.63, 3.8) is 0 Å². The van der Waals surface area contributed by atoms with Gasteiger partial charge in [-0.25, -0.2) is 0 Å². The highest BCUT2D eigenvalue weighted by atomic mass is 16.5. The number of aryl methyl sites for hydroxylation is 1. The molecule has 0 amide bonds. The van der Waals surface area contributed by atoms with Crippen LogP contribution in [0.1, 0.15) is 24.3 Å². The molecule has 88 valence electrons. The van der Waals surface area contributed by atoms with Crippen LogP contribution in [0.4, 0.5) is 0 Å². The summed E-state index contributed by atoms with van der Waals surface area (Å²) >= 11 is 0. The predicted molar refractivity (Wildman–Crippen MR) is 58.7 cm³/mol. The Morgan fingerprint density at radius 2 is 2.38 bits per heavy atom. The summed E-state index contributed by atoms with van der Waals surface area (Å²) in [6, 6.07) is 1.99. The van der Waals surface area contributed by atoms with Gasteiger partial charge >= 0.3 is 0 Å². The van der Waals surface area contributed by atoms with E-state index in [9.17, 15) is 5.11 Å². The highest BCUT2D eigenvalue weighted by molar-refractivity contribution is 5.04. The van der Waals surface area contributed by atoms with Crippen LogP contribution in [0, 0.1) is 18.8 Å². The minimum Gasteiger partial charge on any atom is -0.393 e. The van der Waals surface area contributed by atoms with Crippen molar-refractivity contribution in [2.45, 2.75) is 32.4 Å². The first kappa shape index (κ1) is 10.3. The third kappa shape index (κ3) is 1.76. The fourth-order valence-electron chi connectivity index (χ4n) is 3.18. The van der Waals surface area contributed by atoms with Gasteiger partial charge < -0.3 is 9.63 Å². The topological polar surface area (TPSA) is 49.5 Å². The smallest absolute Gasteiger partial charge is 0.133 e. The summed E-state index contributed by atoms with van der Waals surface area (Å²) in [6.45, 7) is 4.89. The Morgan fingerprint density at radius 1 is 1.50 bits per heavy atom. The van der Waals surface area contributed by atoms with Gasteiger partial charge in [0, 0.05) is 31.6 Å². The molecule has 1 aliphatic heterocycles. The summed E-state index contributed by atoms with van der Waals surface area (Å²) in [5.74, 6) is 2.06.